The number of fused-ring (bicyclic) bond motifs is 5. The lowest BCUT2D eigenvalue weighted by Crippen LogP contribution is -2.09. The van der Waals surface area contributed by atoms with Gasteiger partial charge in [0, 0.05) is 45.0 Å². The van der Waals surface area contributed by atoms with E-state index < -0.39 is 0 Å². The first-order chi connectivity index (χ1) is 19.8. The van der Waals surface area contributed by atoms with Gasteiger partial charge < -0.3 is 9.32 Å². The minimum atomic E-state index is 0.890. The number of rotatable bonds is 4. The molecule has 0 N–H and O–H groups in total. The fraction of sp³-hybridized carbons (Fsp3) is 0. The number of aromatic nitrogens is 1. The molecule has 3 nitrogen and oxygen atoms in total. The first-order valence-corrected chi connectivity index (χ1v) is 13.5. The molecule has 0 saturated carbocycles. The fourth-order valence-electron chi connectivity index (χ4n) is 5.66. The van der Waals surface area contributed by atoms with E-state index in [2.05, 4.69) is 132 Å². The Bertz CT molecular complexity index is 2180. The van der Waals surface area contributed by atoms with Crippen molar-refractivity contribution in [3.05, 3.63) is 146 Å². The molecular weight excluding hydrogens is 488 g/mol. The monoisotopic (exact) mass is 512 g/mol. The molecule has 0 saturated heterocycles. The molecule has 40 heavy (non-hydrogen) atoms. The van der Waals surface area contributed by atoms with E-state index >= 15 is 0 Å². The Balaban J connectivity index is 1.28. The van der Waals surface area contributed by atoms with Crippen LogP contribution in [0.3, 0.4) is 0 Å². The molecule has 0 atom stereocenters. The third kappa shape index (κ3) is 3.79. The van der Waals surface area contributed by atoms with Crippen molar-refractivity contribution in [2.24, 2.45) is 0 Å². The number of hydrogen-bond acceptors (Lipinski definition) is 3. The van der Waals surface area contributed by atoms with E-state index in [4.69, 9.17) is 9.40 Å². The maximum atomic E-state index is 6.11. The Labute approximate surface area is 231 Å². The van der Waals surface area contributed by atoms with Crippen LogP contribution in [0.25, 0.3) is 54.7 Å². The van der Waals surface area contributed by atoms with Gasteiger partial charge in [0.05, 0.1) is 5.52 Å². The van der Waals surface area contributed by atoms with E-state index in [0.29, 0.717) is 0 Å². The van der Waals surface area contributed by atoms with Crippen LogP contribution >= 0.6 is 0 Å². The van der Waals surface area contributed by atoms with Gasteiger partial charge in [-0.2, -0.15) is 0 Å². The molecule has 0 aliphatic heterocycles. The Morgan fingerprint density at radius 2 is 1.18 bits per heavy atom. The van der Waals surface area contributed by atoms with Crippen molar-refractivity contribution in [1.82, 2.24) is 4.98 Å². The highest BCUT2D eigenvalue weighted by molar-refractivity contribution is 6.06. The van der Waals surface area contributed by atoms with Crippen molar-refractivity contribution in [2.75, 3.05) is 4.90 Å². The first-order valence-electron chi connectivity index (χ1n) is 13.5. The van der Waals surface area contributed by atoms with Crippen LogP contribution in [0.1, 0.15) is 0 Å². The second kappa shape index (κ2) is 9.11. The molecule has 0 bridgehead atoms. The number of nitrogens with zero attached hydrogens (tertiary/aromatic N) is 2. The lowest BCUT2D eigenvalue weighted by Gasteiger charge is -2.25. The summed E-state index contributed by atoms with van der Waals surface area (Å²) < 4.78 is 6.11. The van der Waals surface area contributed by atoms with E-state index in [1.165, 1.54) is 10.8 Å². The molecule has 0 fully saturated rings. The van der Waals surface area contributed by atoms with E-state index in [1.54, 1.807) is 0 Å². The molecule has 8 rings (SSSR count). The molecule has 0 spiro atoms. The Morgan fingerprint density at radius 1 is 0.450 bits per heavy atom. The quantitative estimate of drug-likeness (QED) is 0.235. The predicted molar refractivity (Wildman–Crippen MR) is 167 cm³/mol. The van der Waals surface area contributed by atoms with Gasteiger partial charge in [0.2, 0.25) is 0 Å². The highest BCUT2D eigenvalue weighted by atomic mass is 16.3. The summed E-state index contributed by atoms with van der Waals surface area (Å²) in [6.07, 6.45) is 1.97. The highest BCUT2D eigenvalue weighted by Gasteiger charge is 2.16. The summed E-state index contributed by atoms with van der Waals surface area (Å²) in [5.74, 6) is 0. The van der Waals surface area contributed by atoms with E-state index in [9.17, 15) is 0 Å². The Hall–Kier alpha value is -5.41. The summed E-state index contributed by atoms with van der Waals surface area (Å²) in [4.78, 5) is 7.12. The number of anilines is 3. The molecule has 0 unspecified atom stereocenters. The van der Waals surface area contributed by atoms with Gasteiger partial charge in [0.15, 0.2) is 0 Å². The van der Waals surface area contributed by atoms with Crippen molar-refractivity contribution < 1.29 is 4.42 Å². The molecular formula is C37H24N2O. The van der Waals surface area contributed by atoms with Gasteiger partial charge in [-0.05, 0) is 83.1 Å². The summed E-state index contributed by atoms with van der Waals surface area (Å²) in [7, 11) is 0. The van der Waals surface area contributed by atoms with Crippen molar-refractivity contribution in [2.45, 2.75) is 0 Å². The molecule has 0 radical (unpaired) electrons. The van der Waals surface area contributed by atoms with Crippen LogP contribution in [0.15, 0.2) is 150 Å². The van der Waals surface area contributed by atoms with E-state index in [1.807, 2.05) is 18.3 Å². The predicted octanol–water partition coefficient (Wildman–Crippen LogP) is 10.4. The summed E-state index contributed by atoms with van der Waals surface area (Å²) in [5, 5.41) is 5.79. The summed E-state index contributed by atoms with van der Waals surface area (Å²) in [5.41, 5.74) is 8.26. The number of furan rings is 1. The molecule has 6 aromatic carbocycles. The molecule has 2 heterocycles. The third-order valence-corrected chi connectivity index (χ3v) is 7.64. The lowest BCUT2D eigenvalue weighted by molar-refractivity contribution is 0.669. The average molecular weight is 513 g/mol. The number of pyridine rings is 1. The molecule has 188 valence electrons. The first kappa shape index (κ1) is 22.6. The van der Waals surface area contributed by atoms with Crippen LogP contribution in [0.5, 0.6) is 0 Å². The van der Waals surface area contributed by atoms with Crippen molar-refractivity contribution in [3.63, 3.8) is 0 Å². The lowest BCUT2D eigenvalue weighted by atomic mass is 10.0. The smallest absolute Gasteiger partial charge is 0.135 e. The van der Waals surface area contributed by atoms with Crippen molar-refractivity contribution in [3.8, 4) is 11.1 Å². The molecule has 0 amide bonds. The largest absolute Gasteiger partial charge is 0.456 e. The van der Waals surface area contributed by atoms with Gasteiger partial charge in [-0.3, -0.25) is 4.98 Å². The summed E-state index contributed by atoms with van der Waals surface area (Å²) in [6.45, 7) is 0. The Kier molecular flexibility index (Phi) is 5.14. The minimum Gasteiger partial charge on any atom is -0.456 e. The Morgan fingerprint density at radius 3 is 2.10 bits per heavy atom. The second-order valence-electron chi connectivity index (χ2n) is 10.1. The van der Waals surface area contributed by atoms with Gasteiger partial charge in [-0.1, -0.05) is 72.8 Å². The number of para-hydroxylation sites is 2. The molecule has 2 aromatic heterocycles. The highest BCUT2D eigenvalue weighted by Crippen LogP contribution is 2.39. The van der Waals surface area contributed by atoms with E-state index in [0.717, 1.165) is 61.0 Å². The van der Waals surface area contributed by atoms with Crippen LogP contribution in [0, 0.1) is 0 Å². The van der Waals surface area contributed by atoms with Gasteiger partial charge >= 0.3 is 0 Å². The zero-order valence-corrected chi connectivity index (χ0v) is 21.7. The maximum absolute atomic E-state index is 6.11. The standard InChI is InChI=1S/C37H24N2O/c1-2-10-30(11-3-1)39(32-17-19-37-34(23-32)33-12-6-7-13-36(33)40-37)31-16-18-35-28(22-31)21-29(24-38-35)27-15-14-25-8-4-5-9-26(25)20-27/h1-24H. The summed E-state index contributed by atoms with van der Waals surface area (Å²) in [6, 6.07) is 48.9. The van der Waals surface area contributed by atoms with Gasteiger partial charge in [0.1, 0.15) is 11.2 Å². The van der Waals surface area contributed by atoms with Crippen LogP contribution in [-0.4, -0.2) is 4.98 Å². The van der Waals surface area contributed by atoms with Crippen LogP contribution in [0.4, 0.5) is 17.1 Å². The van der Waals surface area contributed by atoms with Gasteiger partial charge in [0.25, 0.3) is 0 Å². The zero-order valence-electron chi connectivity index (χ0n) is 21.7. The SMILES string of the molecule is c1ccc(N(c2ccc3ncc(-c4ccc5ccccc5c4)cc3c2)c2ccc3oc4ccccc4c3c2)cc1. The summed E-state index contributed by atoms with van der Waals surface area (Å²) >= 11 is 0. The zero-order chi connectivity index (χ0) is 26.5. The number of hydrogen-bond donors (Lipinski definition) is 0. The van der Waals surface area contributed by atoms with Gasteiger partial charge in [-0.15, -0.1) is 0 Å². The van der Waals surface area contributed by atoms with Crippen LogP contribution in [-0.2, 0) is 0 Å². The van der Waals surface area contributed by atoms with Crippen LogP contribution in [0.2, 0.25) is 0 Å². The number of benzene rings is 6. The van der Waals surface area contributed by atoms with Crippen molar-refractivity contribution in [1.29, 1.82) is 0 Å². The molecule has 3 heteroatoms. The maximum Gasteiger partial charge on any atom is 0.135 e. The topological polar surface area (TPSA) is 29.3 Å². The van der Waals surface area contributed by atoms with E-state index in [-0.39, 0.29) is 0 Å². The van der Waals surface area contributed by atoms with Crippen LogP contribution < -0.4 is 4.90 Å². The normalized spacial score (nSPS) is 11.5. The average Bonchev–Trinajstić information content (AvgIpc) is 3.39. The third-order valence-electron chi connectivity index (χ3n) is 7.64. The minimum absolute atomic E-state index is 0.890. The second-order valence-corrected chi connectivity index (χ2v) is 10.1. The van der Waals surface area contributed by atoms with Gasteiger partial charge in [-0.25, -0.2) is 0 Å². The molecule has 8 aromatic rings. The van der Waals surface area contributed by atoms with Crippen molar-refractivity contribution >= 4 is 60.7 Å². The molecule has 0 aliphatic carbocycles. The molecule has 0 aliphatic rings. The fourth-order valence-corrected chi connectivity index (χ4v) is 5.66.